The lowest BCUT2D eigenvalue weighted by Gasteiger charge is -2.19. The van der Waals surface area contributed by atoms with Gasteiger partial charge in [0.05, 0.1) is 18.4 Å². The molecule has 3 amide bonds. The van der Waals surface area contributed by atoms with Gasteiger partial charge >= 0.3 is 6.18 Å². The smallest absolute Gasteiger partial charge is 0.418 e. The van der Waals surface area contributed by atoms with E-state index in [0.29, 0.717) is 33.0 Å². The number of hydrogen-bond acceptors (Lipinski definition) is 5. The molecule has 11 heteroatoms. The molecule has 0 aliphatic carbocycles. The van der Waals surface area contributed by atoms with Crippen molar-refractivity contribution in [2.24, 2.45) is 0 Å². The van der Waals surface area contributed by atoms with Gasteiger partial charge < -0.3 is 20.7 Å². The summed E-state index contributed by atoms with van der Waals surface area (Å²) in [6, 6.07) is 35.6. The molecule has 49 heavy (non-hydrogen) atoms. The fraction of sp³-hybridized carbons (Fsp3) is 0.0789. The van der Waals surface area contributed by atoms with E-state index in [1.54, 1.807) is 122 Å². The molecule has 0 saturated carbocycles. The summed E-state index contributed by atoms with van der Waals surface area (Å²) in [6.07, 6.45) is -3.10. The van der Waals surface area contributed by atoms with Crippen LogP contribution in [0.2, 0.25) is 0 Å². The topological polar surface area (TPSA) is 96.5 Å². The van der Waals surface area contributed by atoms with Crippen molar-refractivity contribution in [3.8, 4) is 5.75 Å². The number of hydrogen-bond donors (Lipinski definition) is 3. The number of ether oxygens (including phenoxy) is 1. The Labute approximate surface area is 285 Å². The normalized spacial score (nSPS) is 12.0. The van der Waals surface area contributed by atoms with Crippen LogP contribution in [0.25, 0.3) is 6.08 Å². The second kappa shape index (κ2) is 15.9. The number of carbonyl (C=O) groups excluding carboxylic acids is 3. The zero-order valence-corrected chi connectivity index (χ0v) is 26.8. The van der Waals surface area contributed by atoms with Crippen LogP contribution in [0.15, 0.2) is 144 Å². The quantitative estimate of drug-likeness (QED) is 0.0959. The fourth-order valence-corrected chi connectivity index (χ4v) is 5.72. The number of rotatable bonds is 11. The van der Waals surface area contributed by atoms with Gasteiger partial charge in [0.15, 0.2) is 0 Å². The molecular formula is C38H30F3N3O4S. The highest BCUT2D eigenvalue weighted by Gasteiger charge is 2.34. The number of anilines is 2. The Morgan fingerprint density at radius 2 is 1.35 bits per heavy atom. The molecule has 0 heterocycles. The Morgan fingerprint density at radius 1 is 0.735 bits per heavy atom. The standard InChI is InChI=1S/C38H30F3N3O4S/c1-48-29-20-16-25(17-21-29)24-33(44-35(45)27-12-6-3-7-13-27)36(46)42-28-18-22-30(23-19-28)49-34(26-10-4-2-5-11-26)37(47)43-32-15-9-8-14-31(32)38(39,40)41/h2-24,34H,1H3,(H,42,46)(H,43,47)(H,44,45)/b33-24-. The van der Waals surface area contributed by atoms with Crippen molar-refractivity contribution >= 4 is 46.9 Å². The number of alkyl halides is 3. The van der Waals surface area contributed by atoms with E-state index < -0.39 is 34.7 Å². The molecule has 1 atom stereocenters. The number of benzene rings is 5. The second-order valence-electron chi connectivity index (χ2n) is 10.6. The molecule has 0 spiro atoms. The van der Waals surface area contributed by atoms with E-state index in [2.05, 4.69) is 16.0 Å². The second-order valence-corrected chi connectivity index (χ2v) is 11.7. The van der Waals surface area contributed by atoms with Crippen LogP contribution in [-0.2, 0) is 15.8 Å². The minimum Gasteiger partial charge on any atom is -0.497 e. The predicted octanol–water partition coefficient (Wildman–Crippen LogP) is 8.60. The van der Waals surface area contributed by atoms with Crippen LogP contribution < -0.4 is 20.7 Å². The van der Waals surface area contributed by atoms with Crippen molar-refractivity contribution in [1.82, 2.24) is 5.32 Å². The minimum atomic E-state index is -4.65. The first kappa shape index (κ1) is 34.5. The molecule has 5 aromatic rings. The number of amides is 3. The monoisotopic (exact) mass is 681 g/mol. The molecule has 248 valence electrons. The molecule has 1 unspecified atom stereocenters. The maximum absolute atomic E-state index is 13.6. The summed E-state index contributed by atoms with van der Waals surface area (Å²) < 4.78 is 46.0. The third kappa shape index (κ3) is 9.39. The van der Waals surface area contributed by atoms with Gasteiger partial charge in [0.1, 0.15) is 16.7 Å². The molecule has 5 aromatic carbocycles. The van der Waals surface area contributed by atoms with Gasteiger partial charge in [-0.2, -0.15) is 13.2 Å². The van der Waals surface area contributed by atoms with E-state index in [1.165, 1.54) is 18.2 Å². The molecule has 0 aliphatic heterocycles. The van der Waals surface area contributed by atoms with Gasteiger partial charge in [-0.3, -0.25) is 14.4 Å². The summed E-state index contributed by atoms with van der Waals surface area (Å²) in [5.41, 5.74) is 0.735. The molecule has 0 bridgehead atoms. The van der Waals surface area contributed by atoms with Gasteiger partial charge in [-0.15, -0.1) is 11.8 Å². The van der Waals surface area contributed by atoms with Crippen molar-refractivity contribution in [2.45, 2.75) is 16.3 Å². The van der Waals surface area contributed by atoms with Crippen LogP contribution in [0.1, 0.15) is 32.3 Å². The van der Waals surface area contributed by atoms with Gasteiger partial charge in [-0.1, -0.05) is 72.8 Å². The molecular weight excluding hydrogens is 651 g/mol. The number of halogens is 3. The molecule has 7 nitrogen and oxygen atoms in total. The number of methoxy groups -OCH3 is 1. The highest BCUT2D eigenvalue weighted by atomic mass is 32.2. The Hall–Kier alpha value is -5.81. The third-order valence-corrected chi connectivity index (χ3v) is 8.42. The third-order valence-electron chi connectivity index (χ3n) is 7.15. The summed E-state index contributed by atoms with van der Waals surface area (Å²) in [5.74, 6) is -1.05. The van der Waals surface area contributed by atoms with Gasteiger partial charge in [0, 0.05) is 16.1 Å². The minimum absolute atomic E-state index is 0.00239. The Morgan fingerprint density at radius 3 is 1.98 bits per heavy atom. The molecule has 0 radical (unpaired) electrons. The fourth-order valence-electron chi connectivity index (χ4n) is 4.70. The number of nitrogens with one attached hydrogen (secondary N) is 3. The maximum Gasteiger partial charge on any atom is 0.418 e. The zero-order chi connectivity index (χ0) is 34.8. The Balaban J connectivity index is 1.34. The van der Waals surface area contributed by atoms with Gasteiger partial charge in [-0.05, 0) is 77.9 Å². The number of thioether (sulfide) groups is 1. The summed E-state index contributed by atoms with van der Waals surface area (Å²) in [5, 5.41) is 7.04. The molecule has 0 aliphatic rings. The lowest BCUT2D eigenvalue weighted by atomic mass is 10.1. The van der Waals surface area contributed by atoms with Crippen LogP contribution in [0.4, 0.5) is 24.5 Å². The Kier molecular flexibility index (Phi) is 11.2. The van der Waals surface area contributed by atoms with Crippen LogP contribution in [0, 0.1) is 0 Å². The van der Waals surface area contributed by atoms with Crippen LogP contribution in [0.5, 0.6) is 5.75 Å². The van der Waals surface area contributed by atoms with Crippen molar-refractivity contribution in [3.63, 3.8) is 0 Å². The predicted molar refractivity (Wildman–Crippen MR) is 185 cm³/mol. The van der Waals surface area contributed by atoms with E-state index in [9.17, 15) is 27.6 Å². The molecule has 0 aromatic heterocycles. The van der Waals surface area contributed by atoms with Crippen molar-refractivity contribution in [2.75, 3.05) is 17.7 Å². The zero-order valence-electron chi connectivity index (χ0n) is 26.0. The lowest BCUT2D eigenvalue weighted by Crippen LogP contribution is -2.30. The van der Waals surface area contributed by atoms with Gasteiger partial charge in [0.25, 0.3) is 11.8 Å². The van der Waals surface area contributed by atoms with Crippen molar-refractivity contribution in [1.29, 1.82) is 0 Å². The van der Waals surface area contributed by atoms with E-state index in [0.717, 1.165) is 17.8 Å². The van der Waals surface area contributed by atoms with Crippen LogP contribution in [-0.4, -0.2) is 24.8 Å². The van der Waals surface area contributed by atoms with Crippen LogP contribution >= 0.6 is 11.8 Å². The summed E-state index contributed by atoms with van der Waals surface area (Å²) in [6.45, 7) is 0. The highest BCUT2D eigenvalue weighted by Crippen LogP contribution is 2.39. The number of carbonyl (C=O) groups is 3. The SMILES string of the molecule is COc1ccc(/C=C(\NC(=O)c2ccccc2)C(=O)Nc2ccc(SC(C(=O)Nc3ccccc3C(F)(F)F)c3ccccc3)cc2)cc1. The molecule has 0 saturated heterocycles. The van der Waals surface area contributed by atoms with E-state index in [1.807, 2.05) is 0 Å². The van der Waals surface area contributed by atoms with E-state index >= 15 is 0 Å². The first-order valence-corrected chi connectivity index (χ1v) is 15.8. The summed E-state index contributed by atoms with van der Waals surface area (Å²) >= 11 is 1.14. The Bertz CT molecular complexity index is 1930. The van der Waals surface area contributed by atoms with Crippen molar-refractivity contribution < 1.29 is 32.3 Å². The number of para-hydroxylation sites is 1. The molecule has 5 rings (SSSR count). The first-order chi connectivity index (χ1) is 23.6. The van der Waals surface area contributed by atoms with Gasteiger partial charge in [0.2, 0.25) is 5.91 Å². The maximum atomic E-state index is 13.6. The summed E-state index contributed by atoms with van der Waals surface area (Å²) in [4.78, 5) is 40.5. The van der Waals surface area contributed by atoms with E-state index in [-0.39, 0.29) is 11.4 Å². The first-order valence-electron chi connectivity index (χ1n) is 14.9. The molecule has 0 fully saturated rings. The average Bonchev–Trinajstić information content (AvgIpc) is 3.11. The largest absolute Gasteiger partial charge is 0.497 e. The summed E-state index contributed by atoms with van der Waals surface area (Å²) in [7, 11) is 1.54. The molecule has 3 N–H and O–H groups in total. The van der Waals surface area contributed by atoms with Crippen molar-refractivity contribution in [3.05, 3.63) is 161 Å². The highest BCUT2D eigenvalue weighted by molar-refractivity contribution is 8.00. The van der Waals surface area contributed by atoms with E-state index in [4.69, 9.17) is 4.74 Å². The van der Waals surface area contributed by atoms with Crippen LogP contribution in [0.3, 0.4) is 0 Å². The lowest BCUT2D eigenvalue weighted by molar-refractivity contribution is -0.137. The average molecular weight is 682 g/mol. The van der Waals surface area contributed by atoms with Gasteiger partial charge in [-0.25, -0.2) is 0 Å².